The van der Waals surface area contributed by atoms with Crippen LogP contribution in [0.5, 0.6) is 0 Å². The Morgan fingerprint density at radius 1 is 1.10 bits per heavy atom. The Balaban J connectivity index is 1.24. The van der Waals surface area contributed by atoms with E-state index in [4.69, 9.17) is 4.52 Å². The Bertz CT molecular complexity index is 995. The number of rotatable bonds is 7. The van der Waals surface area contributed by atoms with Gasteiger partial charge in [0, 0.05) is 52.1 Å². The molecule has 31 heavy (non-hydrogen) atoms. The molecule has 9 nitrogen and oxygen atoms in total. The maximum atomic E-state index is 12.7. The molecule has 0 bridgehead atoms. The zero-order valence-corrected chi connectivity index (χ0v) is 20.4. The maximum absolute atomic E-state index is 12.7. The summed E-state index contributed by atoms with van der Waals surface area (Å²) in [5, 5.41) is 4.03. The molecule has 2 aliphatic rings. The highest BCUT2D eigenvalue weighted by Gasteiger charge is 2.30. The van der Waals surface area contributed by atoms with Crippen LogP contribution >= 0.6 is 27.3 Å². The molecule has 2 saturated heterocycles. The molecule has 4 rings (SSSR count). The first-order chi connectivity index (χ1) is 14.9. The third kappa shape index (κ3) is 5.72. The molecule has 0 saturated carbocycles. The van der Waals surface area contributed by atoms with Crippen molar-refractivity contribution < 1.29 is 17.7 Å². The number of aryl methyl sites for hydroxylation is 1. The molecular formula is C19H26BrN5O4S2. The molecule has 1 amide bonds. The van der Waals surface area contributed by atoms with Gasteiger partial charge in [-0.15, -0.1) is 11.3 Å². The smallest absolute Gasteiger partial charge is 0.252 e. The van der Waals surface area contributed by atoms with Gasteiger partial charge in [0.2, 0.25) is 11.8 Å². The Morgan fingerprint density at radius 2 is 1.84 bits per heavy atom. The van der Waals surface area contributed by atoms with Crippen molar-refractivity contribution in [3.05, 3.63) is 27.6 Å². The first-order valence-electron chi connectivity index (χ1n) is 10.5. The van der Waals surface area contributed by atoms with Crippen molar-refractivity contribution in [2.24, 2.45) is 0 Å². The lowest BCUT2D eigenvalue weighted by molar-refractivity contribution is -0.132. The SMILES string of the molecule is O=C(CCc1nc(CN2CCN(S(=O)(=O)c3ccc(Br)s3)CC2)no1)N1CCCCC1. The number of piperidine rings is 1. The first-order valence-corrected chi connectivity index (χ1v) is 13.5. The van der Waals surface area contributed by atoms with Gasteiger partial charge in [0.15, 0.2) is 5.82 Å². The number of hydrogen-bond donors (Lipinski definition) is 0. The van der Waals surface area contributed by atoms with Crippen molar-refractivity contribution in [1.82, 2.24) is 24.2 Å². The number of sulfonamides is 1. The summed E-state index contributed by atoms with van der Waals surface area (Å²) in [6, 6.07) is 3.38. The molecule has 0 unspecified atom stereocenters. The van der Waals surface area contributed by atoms with E-state index >= 15 is 0 Å². The van der Waals surface area contributed by atoms with E-state index in [1.165, 1.54) is 22.1 Å². The summed E-state index contributed by atoms with van der Waals surface area (Å²) in [6.45, 7) is 4.24. The number of carbonyl (C=O) groups excluding carboxylic acids is 1. The van der Waals surface area contributed by atoms with Gasteiger partial charge in [0.25, 0.3) is 10.0 Å². The number of thiophene rings is 1. The Labute approximate surface area is 194 Å². The van der Waals surface area contributed by atoms with Crippen LogP contribution in [0.3, 0.4) is 0 Å². The molecule has 2 aromatic heterocycles. The van der Waals surface area contributed by atoms with Crippen molar-refractivity contribution in [1.29, 1.82) is 0 Å². The number of halogens is 1. The summed E-state index contributed by atoms with van der Waals surface area (Å²) < 4.78 is 33.5. The van der Waals surface area contributed by atoms with E-state index in [-0.39, 0.29) is 5.91 Å². The molecule has 4 heterocycles. The van der Waals surface area contributed by atoms with E-state index in [1.807, 2.05) is 4.90 Å². The lowest BCUT2D eigenvalue weighted by atomic mass is 10.1. The summed E-state index contributed by atoms with van der Waals surface area (Å²) in [5.74, 6) is 1.19. The molecule has 0 N–H and O–H groups in total. The molecule has 0 aliphatic carbocycles. The number of hydrogen-bond acceptors (Lipinski definition) is 8. The number of amides is 1. The van der Waals surface area contributed by atoms with Crippen LogP contribution < -0.4 is 0 Å². The maximum Gasteiger partial charge on any atom is 0.252 e. The van der Waals surface area contributed by atoms with E-state index in [9.17, 15) is 13.2 Å². The van der Waals surface area contributed by atoms with Crippen molar-refractivity contribution in [3.8, 4) is 0 Å². The summed E-state index contributed by atoms with van der Waals surface area (Å²) in [4.78, 5) is 20.7. The van der Waals surface area contributed by atoms with Gasteiger partial charge < -0.3 is 9.42 Å². The van der Waals surface area contributed by atoms with Gasteiger partial charge in [-0.3, -0.25) is 9.69 Å². The predicted octanol–water partition coefficient (Wildman–Crippen LogP) is 2.35. The summed E-state index contributed by atoms with van der Waals surface area (Å²) >= 11 is 4.54. The second-order valence-electron chi connectivity index (χ2n) is 7.78. The van der Waals surface area contributed by atoms with E-state index < -0.39 is 10.0 Å². The predicted molar refractivity (Wildman–Crippen MR) is 119 cm³/mol. The highest BCUT2D eigenvalue weighted by atomic mass is 79.9. The number of likely N-dealkylation sites (tertiary alicyclic amines) is 1. The molecule has 2 fully saturated rings. The van der Waals surface area contributed by atoms with Gasteiger partial charge >= 0.3 is 0 Å². The van der Waals surface area contributed by atoms with Gasteiger partial charge in [0.05, 0.1) is 10.3 Å². The standard InChI is InChI=1S/C19H26BrN5O4S2/c20-15-4-7-19(30-15)31(27,28)25-12-10-23(11-13-25)14-16-21-17(29-22-16)5-6-18(26)24-8-2-1-3-9-24/h4,7H,1-3,5-6,8-14H2. The molecule has 0 atom stereocenters. The van der Waals surface area contributed by atoms with Crippen molar-refractivity contribution >= 4 is 43.2 Å². The van der Waals surface area contributed by atoms with Crippen molar-refractivity contribution in [2.45, 2.75) is 42.9 Å². The highest BCUT2D eigenvalue weighted by molar-refractivity contribution is 9.11. The van der Waals surface area contributed by atoms with Crippen LogP contribution in [0.2, 0.25) is 0 Å². The van der Waals surface area contributed by atoms with Crippen LogP contribution in [0, 0.1) is 0 Å². The van der Waals surface area contributed by atoms with Crippen LogP contribution in [0.15, 0.2) is 24.7 Å². The normalized spacial score (nSPS) is 19.1. The second kappa shape index (κ2) is 10.1. The summed E-state index contributed by atoms with van der Waals surface area (Å²) in [7, 11) is -3.45. The highest BCUT2D eigenvalue weighted by Crippen LogP contribution is 2.29. The van der Waals surface area contributed by atoms with Crippen LogP contribution in [-0.4, -0.2) is 77.8 Å². The van der Waals surface area contributed by atoms with Gasteiger partial charge in [-0.1, -0.05) is 5.16 Å². The third-order valence-electron chi connectivity index (χ3n) is 5.61. The molecule has 0 spiro atoms. The fraction of sp³-hybridized carbons (Fsp3) is 0.632. The molecule has 2 aromatic rings. The van der Waals surface area contributed by atoms with Gasteiger partial charge in [0.1, 0.15) is 4.21 Å². The Kier molecular flexibility index (Phi) is 7.42. The van der Waals surface area contributed by atoms with Crippen molar-refractivity contribution in [3.63, 3.8) is 0 Å². The van der Waals surface area contributed by atoms with Gasteiger partial charge in [-0.05, 0) is 47.3 Å². The zero-order chi connectivity index (χ0) is 21.8. The average molecular weight is 532 g/mol. The van der Waals surface area contributed by atoms with E-state index in [0.29, 0.717) is 61.5 Å². The van der Waals surface area contributed by atoms with E-state index in [1.54, 1.807) is 12.1 Å². The molecular weight excluding hydrogens is 506 g/mol. The van der Waals surface area contributed by atoms with Gasteiger partial charge in [-0.25, -0.2) is 8.42 Å². The summed E-state index contributed by atoms with van der Waals surface area (Å²) in [6.07, 6.45) is 4.19. The third-order valence-corrected chi connectivity index (χ3v) is 9.60. The molecule has 170 valence electrons. The molecule has 2 aliphatic heterocycles. The van der Waals surface area contributed by atoms with Crippen LogP contribution in [-0.2, 0) is 27.8 Å². The Hall–Kier alpha value is -1.34. The fourth-order valence-electron chi connectivity index (χ4n) is 3.86. The summed E-state index contributed by atoms with van der Waals surface area (Å²) in [5.41, 5.74) is 0. The first kappa shape index (κ1) is 22.8. The zero-order valence-electron chi connectivity index (χ0n) is 17.2. The minimum Gasteiger partial charge on any atom is -0.343 e. The minimum atomic E-state index is -3.45. The second-order valence-corrected chi connectivity index (χ2v) is 12.4. The van der Waals surface area contributed by atoms with Crippen LogP contribution in [0.25, 0.3) is 0 Å². The average Bonchev–Trinajstić information content (AvgIpc) is 3.42. The number of piperazine rings is 1. The Morgan fingerprint density at radius 3 is 2.52 bits per heavy atom. The topological polar surface area (TPSA) is 99.9 Å². The van der Waals surface area contributed by atoms with E-state index in [2.05, 4.69) is 31.0 Å². The minimum absolute atomic E-state index is 0.148. The molecule has 0 radical (unpaired) electrons. The van der Waals surface area contributed by atoms with Crippen LogP contribution in [0.4, 0.5) is 0 Å². The number of nitrogens with zero attached hydrogens (tertiary/aromatic N) is 5. The van der Waals surface area contributed by atoms with Crippen LogP contribution in [0.1, 0.15) is 37.4 Å². The monoisotopic (exact) mass is 531 g/mol. The number of carbonyl (C=O) groups is 1. The lowest BCUT2D eigenvalue weighted by Crippen LogP contribution is -2.48. The van der Waals surface area contributed by atoms with E-state index in [0.717, 1.165) is 29.7 Å². The fourth-order valence-corrected chi connectivity index (χ4v) is 7.45. The molecule has 12 heteroatoms. The molecule has 0 aromatic carbocycles. The largest absolute Gasteiger partial charge is 0.343 e. The van der Waals surface area contributed by atoms with Crippen molar-refractivity contribution in [2.75, 3.05) is 39.3 Å². The lowest BCUT2D eigenvalue weighted by Gasteiger charge is -2.32. The van der Waals surface area contributed by atoms with Gasteiger partial charge in [-0.2, -0.15) is 9.29 Å². The quantitative estimate of drug-likeness (QED) is 0.540. The number of aromatic nitrogens is 2.